The zero-order valence-corrected chi connectivity index (χ0v) is 26.4. The van der Waals surface area contributed by atoms with E-state index in [2.05, 4.69) is 116 Å². The lowest BCUT2D eigenvalue weighted by molar-refractivity contribution is 0.484. The smallest absolute Gasteiger partial charge is 0.146 e. The largest absolute Gasteiger partial charge is 0.457 e. The molecule has 0 N–H and O–H groups in total. The van der Waals surface area contributed by atoms with E-state index in [9.17, 15) is 0 Å². The number of fused-ring (bicyclic) bond motifs is 12. The van der Waals surface area contributed by atoms with Gasteiger partial charge < -0.3 is 4.74 Å². The Hall–Kier alpha value is -5.75. The summed E-state index contributed by atoms with van der Waals surface area (Å²) in [6.45, 7) is 10.7. The van der Waals surface area contributed by atoms with E-state index in [1.54, 1.807) is 0 Å². The van der Waals surface area contributed by atoms with Gasteiger partial charge in [0.1, 0.15) is 22.8 Å². The van der Waals surface area contributed by atoms with Crippen molar-refractivity contribution in [2.24, 2.45) is 0 Å². The lowest BCUT2D eigenvalue weighted by Gasteiger charge is -2.12. The summed E-state index contributed by atoms with van der Waals surface area (Å²) in [5.41, 5.74) is 12.9. The molecule has 5 heterocycles. The van der Waals surface area contributed by atoms with Gasteiger partial charge in [-0.15, -0.1) is 0 Å². The first-order valence-electron chi connectivity index (χ1n) is 15.6. The van der Waals surface area contributed by atoms with Crippen molar-refractivity contribution >= 4 is 54.8 Å². The van der Waals surface area contributed by atoms with E-state index < -0.39 is 0 Å². The van der Waals surface area contributed by atoms with Crippen molar-refractivity contribution in [3.8, 4) is 22.8 Å². The molecule has 222 valence electrons. The van der Waals surface area contributed by atoms with Crippen molar-refractivity contribution < 1.29 is 4.74 Å². The maximum Gasteiger partial charge on any atom is 0.146 e. The number of hydrogen-bond acceptors (Lipinski definition) is 4. The van der Waals surface area contributed by atoms with Gasteiger partial charge in [0, 0.05) is 45.2 Å². The number of para-hydroxylation sites is 1. The lowest BCUT2D eigenvalue weighted by Crippen LogP contribution is -1.94. The molecule has 9 rings (SSSR count). The molecular formula is C40H31N5O. The summed E-state index contributed by atoms with van der Waals surface area (Å²) >= 11 is 0. The lowest BCUT2D eigenvalue weighted by atomic mass is 9.98. The maximum absolute atomic E-state index is 6.60. The molecule has 0 atom stereocenters. The number of pyridine rings is 3. The minimum Gasteiger partial charge on any atom is -0.457 e. The number of ether oxygens (including phenoxy) is 1. The first kappa shape index (κ1) is 26.6. The number of hydrogen-bond donors (Lipinski definition) is 0. The van der Waals surface area contributed by atoms with Gasteiger partial charge in [-0.2, -0.15) is 0 Å². The molecule has 0 amide bonds. The van der Waals surface area contributed by atoms with E-state index in [1.807, 2.05) is 24.4 Å². The predicted octanol–water partition coefficient (Wildman–Crippen LogP) is 9.99. The highest BCUT2D eigenvalue weighted by atomic mass is 16.5. The van der Waals surface area contributed by atoms with Crippen LogP contribution in [-0.4, -0.2) is 23.8 Å². The van der Waals surface area contributed by atoms with E-state index in [-0.39, 0.29) is 0 Å². The minimum atomic E-state index is 0.740. The molecule has 5 aromatic heterocycles. The fourth-order valence-corrected chi connectivity index (χ4v) is 7.36. The minimum absolute atomic E-state index is 0.740. The van der Waals surface area contributed by atoms with Crippen LogP contribution in [0.25, 0.3) is 66.0 Å². The van der Waals surface area contributed by atoms with Crippen LogP contribution in [-0.2, 0) is 0 Å². The molecule has 0 saturated heterocycles. The fourth-order valence-electron chi connectivity index (χ4n) is 7.36. The molecule has 46 heavy (non-hydrogen) atoms. The van der Waals surface area contributed by atoms with Crippen molar-refractivity contribution in [3.63, 3.8) is 0 Å². The summed E-state index contributed by atoms with van der Waals surface area (Å²) in [5, 5.41) is 5.45. The Bertz CT molecular complexity index is 2710. The zero-order valence-electron chi connectivity index (χ0n) is 26.4. The van der Waals surface area contributed by atoms with Crippen LogP contribution >= 0.6 is 0 Å². The standard InChI is InChI=1S/C40H31N5O/c1-22-17-23(2)37(24(3)18-22)34-21-44-36-11-8-16-41-38(36)31-15-13-28(20-33(31)39(44)43-34)46-27-12-14-29-30-9-6-7-10-35(30)45-26(5)25(4)42-40(45)32(29)19-27/h6-21H,1-5H3. The SMILES string of the molecule is Cc1cc(C)c(-c2cn3c4cccnc4c4ccc(Oc5ccc6c7ccccc7n7c(C)c(C)nc7c6c5)cc4c3n2)c(C)c1. The average Bonchev–Trinajstić information content (AvgIpc) is 3.62. The van der Waals surface area contributed by atoms with Crippen molar-refractivity contribution in [1.82, 2.24) is 23.8 Å². The van der Waals surface area contributed by atoms with Gasteiger partial charge in [-0.05, 0) is 106 Å². The second-order valence-electron chi connectivity index (χ2n) is 12.4. The maximum atomic E-state index is 6.60. The molecule has 0 aliphatic carbocycles. The third-order valence-electron chi connectivity index (χ3n) is 9.42. The summed E-state index contributed by atoms with van der Waals surface area (Å²) in [6, 6.07) is 29.6. The summed E-state index contributed by atoms with van der Waals surface area (Å²) < 4.78 is 11.0. The Morgan fingerprint density at radius 3 is 2.09 bits per heavy atom. The third-order valence-corrected chi connectivity index (χ3v) is 9.42. The van der Waals surface area contributed by atoms with E-state index in [1.165, 1.54) is 27.6 Å². The number of rotatable bonds is 3. The van der Waals surface area contributed by atoms with Gasteiger partial charge in [0.25, 0.3) is 0 Å². The topological polar surface area (TPSA) is 56.7 Å². The zero-order chi connectivity index (χ0) is 31.3. The molecule has 0 saturated carbocycles. The molecular weight excluding hydrogens is 566 g/mol. The Kier molecular flexibility index (Phi) is 5.57. The first-order chi connectivity index (χ1) is 22.4. The van der Waals surface area contributed by atoms with Crippen LogP contribution in [0.1, 0.15) is 28.1 Å². The molecule has 0 aliphatic heterocycles. The molecule has 0 fully saturated rings. The number of aryl methyl sites for hydroxylation is 5. The van der Waals surface area contributed by atoms with E-state index in [4.69, 9.17) is 19.7 Å². The van der Waals surface area contributed by atoms with E-state index >= 15 is 0 Å². The number of nitrogens with zero attached hydrogens (tertiary/aromatic N) is 5. The van der Waals surface area contributed by atoms with E-state index in [0.29, 0.717) is 0 Å². The van der Waals surface area contributed by atoms with Gasteiger partial charge in [-0.25, -0.2) is 9.97 Å². The molecule has 6 nitrogen and oxygen atoms in total. The Labute approximate surface area is 265 Å². The van der Waals surface area contributed by atoms with Gasteiger partial charge >= 0.3 is 0 Å². The Morgan fingerprint density at radius 2 is 1.30 bits per heavy atom. The van der Waals surface area contributed by atoms with Crippen molar-refractivity contribution in [1.29, 1.82) is 0 Å². The van der Waals surface area contributed by atoms with Gasteiger partial charge in [0.15, 0.2) is 0 Å². The van der Waals surface area contributed by atoms with Crippen molar-refractivity contribution in [2.75, 3.05) is 0 Å². The van der Waals surface area contributed by atoms with Crippen LogP contribution < -0.4 is 4.74 Å². The molecule has 0 aliphatic rings. The first-order valence-corrected chi connectivity index (χ1v) is 15.6. The predicted molar refractivity (Wildman–Crippen MR) is 187 cm³/mol. The Balaban J connectivity index is 1.23. The van der Waals surface area contributed by atoms with Crippen LogP contribution in [0.2, 0.25) is 0 Å². The summed E-state index contributed by atoms with van der Waals surface area (Å²) in [4.78, 5) is 15.0. The molecule has 0 radical (unpaired) electrons. The monoisotopic (exact) mass is 597 g/mol. The number of benzene rings is 4. The van der Waals surface area contributed by atoms with Gasteiger partial charge in [0.05, 0.1) is 27.9 Å². The fraction of sp³-hybridized carbons (Fsp3) is 0.125. The second kappa shape index (κ2) is 9.62. The highest BCUT2D eigenvalue weighted by molar-refractivity contribution is 6.13. The molecule has 6 heteroatoms. The van der Waals surface area contributed by atoms with Crippen LogP contribution in [0.5, 0.6) is 11.5 Å². The van der Waals surface area contributed by atoms with Crippen LogP contribution in [0, 0.1) is 34.6 Å². The molecule has 0 unspecified atom stereocenters. The van der Waals surface area contributed by atoms with Gasteiger partial charge in [-0.1, -0.05) is 35.9 Å². The third kappa shape index (κ3) is 3.80. The number of imidazole rings is 2. The highest BCUT2D eigenvalue weighted by Crippen LogP contribution is 2.38. The van der Waals surface area contributed by atoms with Crippen LogP contribution in [0.15, 0.2) is 97.3 Å². The van der Waals surface area contributed by atoms with Crippen molar-refractivity contribution in [3.05, 3.63) is 125 Å². The second-order valence-corrected chi connectivity index (χ2v) is 12.4. The van der Waals surface area contributed by atoms with Crippen molar-refractivity contribution in [2.45, 2.75) is 34.6 Å². The van der Waals surface area contributed by atoms with E-state index in [0.717, 1.165) is 78.0 Å². The molecule has 0 spiro atoms. The van der Waals surface area contributed by atoms with Gasteiger partial charge in [0.2, 0.25) is 0 Å². The molecule has 4 aromatic carbocycles. The molecule has 9 aromatic rings. The average molecular weight is 598 g/mol. The van der Waals surface area contributed by atoms with Crippen LogP contribution in [0.3, 0.4) is 0 Å². The quantitative estimate of drug-likeness (QED) is 0.190. The summed E-state index contributed by atoms with van der Waals surface area (Å²) in [6.07, 6.45) is 3.99. The normalized spacial score (nSPS) is 12.0. The molecule has 0 bridgehead atoms. The summed E-state index contributed by atoms with van der Waals surface area (Å²) in [7, 11) is 0. The number of aromatic nitrogens is 5. The van der Waals surface area contributed by atoms with Crippen LogP contribution in [0.4, 0.5) is 0 Å². The van der Waals surface area contributed by atoms with Gasteiger partial charge in [-0.3, -0.25) is 13.8 Å². The highest BCUT2D eigenvalue weighted by Gasteiger charge is 2.18. The Morgan fingerprint density at radius 1 is 0.609 bits per heavy atom. The summed E-state index contributed by atoms with van der Waals surface area (Å²) in [5.74, 6) is 1.50.